The van der Waals surface area contributed by atoms with Crippen LogP contribution in [-0.4, -0.2) is 17.1 Å². The highest BCUT2D eigenvalue weighted by Crippen LogP contribution is 2.36. The molecule has 4 nitrogen and oxygen atoms in total. The number of ether oxygens (including phenoxy) is 1. The molecule has 2 aromatic rings. The van der Waals surface area contributed by atoms with Crippen LogP contribution in [0, 0.1) is 5.82 Å². The van der Waals surface area contributed by atoms with Gasteiger partial charge in [-0.1, -0.05) is 41.7 Å². The van der Waals surface area contributed by atoms with Gasteiger partial charge in [0.25, 0.3) is 0 Å². The normalized spacial score (nSPS) is 11.9. The van der Waals surface area contributed by atoms with Crippen LogP contribution in [0.4, 0.5) is 10.1 Å². The molecule has 0 aromatic heterocycles. The molecule has 0 amide bonds. The second kappa shape index (κ2) is 10.2. The number of halogens is 4. The molecule has 0 saturated heterocycles. The number of hydrogen-bond acceptors (Lipinski definition) is 3. The Labute approximate surface area is 178 Å². The van der Waals surface area contributed by atoms with E-state index in [1.807, 2.05) is 13.8 Å². The van der Waals surface area contributed by atoms with E-state index in [0.29, 0.717) is 22.7 Å². The van der Waals surface area contributed by atoms with E-state index in [-0.39, 0.29) is 40.4 Å². The Kier molecular flexibility index (Phi) is 8.23. The number of carbonyl (C=O) groups is 1. The number of carboxylic acid groups (broad SMARTS) is 1. The van der Waals surface area contributed by atoms with Crippen LogP contribution >= 0.6 is 34.8 Å². The lowest BCUT2D eigenvalue weighted by Crippen LogP contribution is -2.15. The van der Waals surface area contributed by atoms with Gasteiger partial charge in [0.05, 0.1) is 15.7 Å². The van der Waals surface area contributed by atoms with Gasteiger partial charge in [0.1, 0.15) is 6.61 Å². The van der Waals surface area contributed by atoms with Gasteiger partial charge in [0, 0.05) is 23.0 Å². The summed E-state index contributed by atoms with van der Waals surface area (Å²) >= 11 is 18.5. The van der Waals surface area contributed by atoms with E-state index < -0.39 is 11.8 Å². The van der Waals surface area contributed by atoms with E-state index in [1.165, 1.54) is 12.1 Å². The summed E-state index contributed by atoms with van der Waals surface area (Å²) in [6.07, 6.45) is 1.09. The number of benzene rings is 2. The SMILES string of the molecule is CCC(C)Nc1cc(Cl)cc(COc2c(Cl)cc(CCC(=O)O)cc2Cl)c1F. The minimum absolute atomic E-state index is 0.0352. The molecule has 2 rings (SSSR count). The zero-order valence-corrected chi connectivity index (χ0v) is 17.8. The zero-order chi connectivity index (χ0) is 20.8. The number of carboxylic acids is 1. The molecule has 0 heterocycles. The summed E-state index contributed by atoms with van der Waals surface area (Å²) in [6.45, 7) is 3.83. The molecule has 1 atom stereocenters. The summed E-state index contributed by atoms with van der Waals surface area (Å²) in [4.78, 5) is 10.7. The van der Waals surface area contributed by atoms with Crippen molar-refractivity contribution in [2.75, 3.05) is 5.32 Å². The Bertz CT molecular complexity index is 838. The van der Waals surface area contributed by atoms with Gasteiger partial charge < -0.3 is 15.2 Å². The lowest BCUT2D eigenvalue weighted by atomic mass is 10.1. The molecule has 0 saturated carbocycles. The second-order valence-corrected chi connectivity index (χ2v) is 7.70. The molecule has 1 unspecified atom stereocenters. The smallest absolute Gasteiger partial charge is 0.303 e. The van der Waals surface area contributed by atoms with Crippen LogP contribution in [0.3, 0.4) is 0 Å². The third-order valence-electron chi connectivity index (χ3n) is 4.18. The average molecular weight is 449 g/mol. The predicted molar refractivity (Wildman–Crippen MR) is 112 cm³/mol. The topological polar surface area (TPSA) is 58.6 Å². The van der Waals surface area contributed by atoms with Crippen molar-refractivity contribution in [3.63, 3.8) is 0 Å². The first kappa shape index (κ1) is 22.6. The fourth-order valence-electron chi connectivity index (χ4n) is 2.52. The average Bonchev–Trinajstić information content (AvgIpc) is 2.62. The fraction of sp³-hybridized carbons (Fsp3) is 0.350. The number of aliphatic carboxylic acids is 1. The number of rotatable bonds is 9. The molecule has 0 aliphatic heterocycles. The Balaban J connectivity index is 2.18. The van der Waals surface area contributed by atoms with Crippen molar-refractivity contribution in [1.82, 2.24) is 0 Å². The Morgan fingerprint density at radius 2 is 1.86 bits per heavy atom. The minimum atomic E-state index is -0.911. The summed E-state index contributed by atoms with van der Waals surface area (Å²) in [5.74, 6) is -1.15. The standard InChI is InChI=1S/C20H21Cl3FNO3/c1-3-11(2)25-17-9-14(21)8-13(19(17)24)10-28-20-15(22)6-12(7-16(20)23)4-5-18(26)27/h6-9,11,25H,3-5,10H2,1-2H3,(H,26,27). The molecule has 0 radical (unpaired) electrons. The van der Waals surface area contributed by atoms with Crippen molar-refractivity contribution < 1.29 is 19.0 Å². The molecular weight excluding hydrogens is 428 g/mol. The summed E-state index contributed by atoms with van der Waals surface area (Å²) < 4.78 is 20.4. The van der Waals surface area contributed by atoms with E-state index in [9.17, 15) is 9.18 Å². The molecule has 2 aromatic carbocycles. The van der Waals surface area contributed by atoms with Gasteiger partial charge >= 0.3 is 5.97 Å². The van der Waals surface area contributed by atoms with Gasteiger partial charge in [-0.25, -0.2) is 4.39 Å². The monoisotopic (exact) mass is 447 g/mol. The summed E-state index contributed by atoms with van der Waals surface area (Å²) in [7, 11) is 0. The summed E-state index contributed by atoms with van der Waals surface area (Å²) in [5.41, 5.74) is 1.25. The first-order chi connectivity index (χ1) is 13.2. The molecule has 0 aliphatic carbocycles. The van der Waals surface area contributed by atoms with Crippen LogP contribution in [-0.2, 0) is 17.8 Å². The van der Waals surface area contributed by atoms with Gasteiger partial charge in [-0.3, -0.25) is 4.79 Å². The number of hydrogen-bond donors (Lipinski definition) is 2. The van der Waals surface area contributed by atoms with Crippen molar-refractivity contribution in [3.05, 3.63) is 56.3 Å². The lowest BCUT2D eigenvalue weighted by Gasteiger charge is -2.17. The molecule has 2 N–H and O–H groups in total. The third-order valence-corrected chi connectivity index (χ3v) is 4.96. The van der Waals surface area contributed by atoms with Crippen molar-refractivity contribution in [2.24, 2.45) is 0 Å². The van der Waals surface area contributed by atoms with Crippen molar-refractivity contribution in [2.45, 2.75) is 45.8 Å². The molecule has 0 aliphatic rings. The van der Waals surface area contributed by atoms with Gasteiger partial charge in [-0.15, -0.1) is 0 Å². The van der Waals surface area contributed by atoms with E-state index in [2.05, 4.69) is 5.32 Å². The minimum Gasteiger partial charge on any atom is -0.486 e. The number of anilines is 1. The quantitative estimate of drug-likeness (QED) is 0.454. The van der Waals surface area contributed by atoms with Crippen LogP contribution in [0.5, 0.6) is 5.75 Å². The maximum absolute atomic E-state index is 14.8. The Hall–Kier alpha value is -1.69. The van der Waals surface area contributed by atoms with Crippen LogP contribution in [0.25, 0.3) is 0 Å². The van der Waals surface area contributed by atoms with Crippen LogP contribution in [0.1, 0.15) is 37.8 Å². The van der Waals surface area contributed by atoms with Crippen LogP contribution in [0.2, 0.25) is 15.1 Å². The lowest BCUT2D eigenvalue weighted by molar-refractivity contribution is -0.136. The maximum Gasteiger partial charge on any atom is 0.303 e. The maximum atomic E-state index is 14.8. The summed E-state index contributed by atoms with van der Waals surface area (Å²) in [5, 5.41) is 12.7. The molecule has 0 bridgehead atoms. The van der Waals surface area contributed by atoms with Crippen molar-refractivity contribution >= 4 is 46.5 Å². The highest BCUT2D eigenvalue weighted by molar-refractivity contribution is 6.37. The Morgan fingerprint density at radius 1 is 1.21 bits per heavy atom. The van der Waals surface area contributed by atoms with E-state index in [1.54, 1.807) is 12.1 Å². The van der Waals surface area contributed by atoms with Gasteiger partial charge in [-0.05, 0) is 49.6 Å². The first-order valence-electron chi connectivity index (χ1n) is 8.78. The van der Waals surface area contributed by atoms with Crippen molar-refractivity contribution in [3.8, 4) is 5.75 Å². The molecule has 0 spiro atoms. The second-order valence-electron chi connectivity index (χ2n) is 6.45. The predicted octanol–water partition coefficient (Wildman–Crippen LogP) is 6.59. The highest BCUT2D eigenvalue weighted by atomic mass is 35.5. The fourth-order valence-corrected chi connectivity index (χ4v) is 3.40. The number of nitrogens with one attached hydrogen (secondary N) is 1. The van der Waals surface area contributed by atoms with Gasteiger partial charge in [-0.2, -0.15) is 0 Å². The largest absolute Gasteiger partial charge is 0.486 e. The summed E-state index contributed by atoms with van der Waals surface area (Å²) in [6, 6.07) is 6.29. The molecule has 8 heteroatoms. The van der Waals surface area contributed by atoms with Crippen LogP contribution in [0.15, 0.2) is 24.3 Å². The zero-order valence-electron chi connectivity index (χ0n) is 15.5. The van der Waals surface area contributed by atoms with E-state index in [4.69, 9.17) is 44.6 Å². The number of aryl methyl sites for hydroxylation is 1. The van der Waals surface area contributed by atoms with E-state index in [0.717, 1.165) is 6.42 Å². The van der Waals surface area contributed by atoms with Gasteiger partial charge in [0.2, 0.25) is 0 Å². The Morgan fingerprint density at radius 3 is 2.43 bits per heavy atom. The molecule has 28 heavy (non-hydrogen) atoms. The van der Waals surface area contributed by atoms with Crippen LogP contribution < -0.4 is 10.1 Å². The molecular formula is C20H21Cl3FNO3. The third kappa shape index (κ3) is 6.16. The highest BCUT2D eigenvalue weighted by Gasteiger charge is 2.15. The van der Waals surface area contributed by atoms with Crippen molar-refractivity contribution in [1.29, 1.82) is 0 Å². The van der Waals surface area contributed by atoms with E-state index >= 15 is 0 Å². The molecule has 0 fully saturated rings. The molecule has 152 valence electrons. The van der Waals surface area contributed by atoms with Gasteiger partial charge in [0.15, 0.2) is 11.6 Å². The first-order valence-corrected chi connectivity index (χ1v) is 9.91.